The van der Waals surface area contributed by atoms with Crippen LogP contribution in [0.25, 0.3) is 0 Å². The molecular weight excluding hydrogens is 392 g/mol. The van der Waals surface area contributed by atoms with Gasteiger partial charge in [0, 0.05) is 18.1 Å². The van der Waals surface area contributed by atoms with Gasteiger partial charge in [-0.2, -0.15) is 0 Å². The van der Waals surface area contributed by atoms with E-state index < -0.39 is 12.0 Å². The van der Waals surface area contributed by atoms with Crippen molar-refractivity contribution in [1.29, 1.82) is 0 Å². The molecule has 1 fully saturated rings. The maximum Gasteiger partial charge on any atom is 0.352 e. The zero-order chi connectivity index (χ0) is 19.6. The minimum Gasteiger partial charge on any atom is -0.477 e. The average molecular weight is 412 g/mol. The van der Waals surface area contributed by atoms with Crippen molar-refractivity contribution in [3.05, 3.63) is 17.0 Å². The van der Waals surface area contributed by atoms with E-state index in [9.17, 15) is 19.5 Å². The molecule has 3 heterocycles. The predicted octanol–water partition coefficient (Wildman–Crippen LogP) is 0.00780. The lowest BCUT2D eigenvalue weighted by Gasteiger charge is -2.48. The highest BCUT2D eigenvalue weighted by molar-refractivity contribution is 8.01. The molecule has 27 heavy (non-hydrogen) atoms. The molecule has 5 N–H and O–H groups in total. The second kappa shape index (κ2) is 8.31. The fourth-order valence-corrected chi connectivity index (χ4v) is 5.14. The van der Waals surface area contributed by atoms with Gasteiger partial charge in [-0.25, -0.2) is 4.79 Å². The Morgan fingerprint density at radius 1 is 1.52 bits per heavy atom. The normalized spacial score (nSPS) is 21.7. The van der Waals surface area contributed by atoms with Gasteiger partial charge in [-0.3, -0.25) is 19.6 Å². The predicted molar refractivity (Wildman–Crippen MR) is 100 cm³/mol. The van der Waals surface area contributed by atoms with Gasteiger partial charge in [-0.15, -0.1) is 16.9 Å². The Balaban J connectivity index is 1.71. The van der Waals surface area contributed by atoms with Crippen LogP contribution in [0.15, 0.2) is 16.3 Å². The number of hydrogen-bond acceptors (Lipinski definition) is 8. The van der Waals surface area contributed by atoms with Crippen LogP contribution in [-0.4, -0.2) is 72.7 Å². The third-order valence-corrected chi connectivity index (χ3v) is 6.66. The van der Waals surface area contributed by atoms with Gasteiger partial charge in [0.2, 0.25) is 5.91 Å². The Bertz CT molecular complexity index is 795. The number of nitrogens with one attached hydrogen (secondary N) is 2. The average Bonchev–Trinajstić information content (AvgIpc) is 3.13. The first-order valence-corrected chi connectivity index (χ1v) is 10.5. The van der Waals surface area contributed by atoms with Crippen molar-refractivity contribution < 1.29 is 19.5 Å². The lowest BCUT2D eigenvalue weighted by molar-refractivity contribution is -0.147. The molecule has 0 spiro atoms. The van der Waals surface area contributed by atoms with Crippen LogP contribution in [0.3, 0.4) is 0 Å². The number of amides is 2. The Hall–Kier alpha value is -2.05. The smallest absolute Gasteiger partial charge is 0.352 e. The SMILES string of the molecule is CCCCNC(=O)c1nn[nH]c1SCC1=C(C(=O)O)N2C(=O)C(N)[C@H]2SC1. The molecule has 1 unspecified atom stereocenters. The number of β-lactam (4-membered cyclic amide) rings is 1. The summed E-state index contributed by atoms with van der Waals surface area (Å²) in [4.78, 5) is 37.1. The van der Waals surface area contributed by atoms with E-state index in [1.54, 1.807) is 0 Å². The van der Waals surface area contributed by atoms with E-state index in [1.807, 2.05) is 6.92 Å². The van der Waals surface area contributed by atoms with Crippen molar-refractivity contribution in [1.82, 2.24) is 25.6 Å². The Kier molecular flexibility index (Phi) is 6.07. The molecule has 146 valence electrons. The van der Waals surface area contributed by atoms with Gasteiger partial charge in [-0.1, -0.05) is 30.3 Å². The van der Waals surface area contributed by atoms with E-state index >= 15 is 0 Å². The first kappa shape index (κ1) is 19.7. The summed E-state index contributed by atoms with van der Waals surface area (Å²) in [6, 6.07) is -0.659. The molecule has 0 bridgehead atoms. The number of carboxylic acids is 1. The number of fused-ring (bicyclic) bond motifs is 1. The molecule has 1 saturated heterocycles. The summed E-state index contributed by atoms with van der Waals surface area (Å²) >= 11 is 2.67. The van der Waals surface area contributed by atoms with Crippen molar-refractivity contribution in [3.8, 4) is 0 Å². The van der Waals surface area contributed by atoms with Gasteiger partial charge >= 0.3 is 5.97 Å². The largest absolute Gasteiger partial charge is 0.477 e. The van der Waals surface area contributed by atoms with Crippen LogP contribution in [0.4, 0.5) is 0 Å². The Morgan fingerprint density at radius 3 is 3.00 bits per heavy atom. The van der Waals surface area contributed by atoms with Crippen molar-refractivity contribution in [3.63, 3.8) is 0 Å². The number of aromatic amines is 1. The molecule has 1 aromatic heterocycles. The first-order valence-electron chi connectivity index (χ1n) is 8.43. The number of carbonyl (C=O) groups is 3. The van der Waals surface area contributed by atoms with Crippen LogP contribution in [0.1, 0.15) is 30.3 Å². The molecule has 2 amide bonds. The van der Waals surface area contributed by atoms with E-state index in [-0.39, 0.29) is 28.6 Å². The molecule has 2 aliphatic heterocycles. The van der Waals surface area contributed by atoms with Crippen LogP contribution >= 0.6 is 23.5 Å². The molecule has 0 radical (unpaired) electrons. The third-order valence-electron chi connectivity index (χ3n) is 4.23. The summed E-state index contributed by atoms with van der Waals surface area (Å²) in [5.74, 6) is -1.12. The number of rotatable bonds is 8. The maximum absolute atomic E-state index is 12.2. The highest BCUT2D eigenvalue weighted by atomic mass is 32.2. The number of carboxylic acid groups (broad SMARTS) is 1. The van der Waals surface area contributed by atoms with E-state index in [4.69, 9.17) is 5.73 Å². The number of nitrogens with zero attached hydrogens (tertiary/aromatic N) is 3. The highest BCUT2D eigenvalue weighted by Gasteiger charge is 2.51. The summed E-state index contributed by atoms with van der Waals surface area (Å²) < 4.78 is 0. The summed E-state index contributed by atoms with van der Waals surface area (Å²) in [6.07, 6.45) is 1.83. The van der Waals surface area contributed by atoms with E-state index in [0.29, 0.717) is 28.6 Å². The summed E-state index contributed by atoms with van der Waals surface area (Å²) in [5.41, 5.74) is 6.50. The fourth-order valence-electron chi connectivity index (χ4n) is 2.78. The van der Waals surface area contributed by atoms with Gasteiger partial charge in [-0.05, 0) is 12.0 Å². The van der Waals surface area contributed by atoms with E-state index in [1.165, 1.54) is 28.4 Å². The molecule has 2 aliphatic rings. The number of aliphatic carboxylic acids is 1. The van der Waals surface area contributed by atoms with Crippen molar-refractivity contribution >= 4 is 41.3 Å². The van der Waals surface area contributed by atoms with Crippen LogP contribution in [-0.2, 0) is 9.59 Å². The molecule has 1 aromatic rings. The lowest BCUT2D eigenvalue weighted by atomic mass is 10.0. The Labute approximate surface area is 163 Å². The number of unbranched alkanes of at least 4 members (excludes halogenated alkanes) is 1. The fraction of sp³-hybridized carbons (Fsp3) is 0.533. The second-order valence-electron chi connectivity index (χ2n) is 6.08. The van der Waals surface area contributed by atoms with Crippen LogP contribution in [0.2, 0.25) is 0 Å². The van der Waals surface area contributed by atoms with Gasteiger partial charge in [0.05, 0.1) is 0 Å². The van der Waals surface area contributed by atoms with Crippen LogP contribution in [0, 0.1) is 0 Å². The number of aromatic nitrogens is 3. The second-order valence-corrected chi connectivity index (χ2v) is 8.17. The van der Waals surface area contributed by atoms with Gasteiger partial charge in [0.15, 0.2) is 5.69 Å². The van der Waals surface area contributed by atoms with Gasteiger partial charge in [0.25, 0.3) is 5.91 Å². The summed E-state index contributed by atoms with van der Waals surface area (Å²) in [5, 5.41) is 22.6. The van der Waals surface area contributed by atoms with Gasteiger partial charge < -0.3 is 16.2 Å². The Morgan fingerprint density at radius 2 is 2.30 bits per heavy atom. The minimum absolute atomic E-state index is 0.0145. The zero-order valence-electron chi connectivity index (χ0n) is 14.6. The molecule has 3 rings (SSSR count). The van der Waals surface area contributed by atoms with Crippen LogP contribution in [0.5, 0.6) is 0 Å². The summed E-state index contributed by atoms with van der Waals surface area (Å²) in [6.45, 7) is 2.58. The quantitative estimate of drug-likeness (QED) is 0.262. The standard InChI is InChI=1S/C15H20N6O4S2/c1-2-3-4-17-11(22)9-12(19-20-18-9)26-5-7-6-27-14-8(16)13(23)21(14)10(7)15(24)25/h8,14H,2-6,16H2,1H3,(H,17,22)(H,24,25)(H,18,19,20)/t8?,14-/m1/s1. The van der Waals surface area contributed by atoms with Crippen LogP contribution < -0.4 is 11.1 Å². The third kappa shape index (κ3) is 3.82. The molecule has 12 heteroatoms. The highest BCUT2D eigenvalue weighted by Crippen LogP contribution is 2.40. The molecular formula is C15H20N6O4S2. The van der Waals surface area contributed by atoms with Crippen molar-refractivity contribution in [2.45, 2.75) is 36.2 Å². The number of hydrogen-bond donors (Lipinski definition) is 4. The first-order chi connectivity index (χ1) is 13.0. The molecule has 2 atom stereocenters. The summed E-state index contributed by atoms with van der Waals surface area (Å²) in [7, 11) is 0. The number of thioether (sulfide) groups is 2. The number of nitrogens with two attached hydrogens (primary N) is 1. The molecule has 0 saturated carbocycles. The number of H-pyrrole nitrogens is 1. The van der Waals surface area contributed by atoms with Crippen molar-refractivity contribution in [2.75, 3.05) is 18.1 Å². The van der Waals surface area contributed by atoms with Gasteiger partial charge in [0.1, 0.15) is 22.1 Å². The maximum atomic E-state index is 12.2. The van der Waals surface area contributed by atoms with E-state index in [2.05, 4.69) is 20.7 Å². The molecule has 10 nitrogen and oxygen atoms in total. The topological polar surface area (TPSA) is 154 Å². The number of carbonyl (C=O) groups excluding carboxylic acids is 2. The van der Waals surface area contributed by atoms with Crippen molar-refractivity contribution in [2.24, 2.45) is 5.73 Å². The van der Waals surface area contributed by atoms with E-state index in [0.717, 1.165) is 12.8 Å². The monoisotopic (exact) mass is 412 g/mol. The minimum atomic E-state index is -1.16. The lowest BCUT2D eigenvalue weighted by Crippen LogP contribution is -2.68. The molecule has 0 aliphatic carbocycles. The molecule has 0 aromatic carbocycles. The zero-order valence-corrected chi connectivity index (χ0v) is 16.2.